The molecule has 5 nitrogen and oxygen atoms in total. The average molecular weight is 365 g/mol. The van der Waals surface area contributed by atoms with Gasteiger partial charge in [0.1, 0.15) is 0 Å². The van der Waals surface area contributed by atoms with Crippen molar-refractivity contribution in [1.29, 1.82) is 0 Å². The number of hydrazone groups is 1. The average Bonchev–Trinajstić information content (AvgIpc) is 3.25. The van der Waals surface area contributed by atoms with Gasteiger partial charge in [-0.15, -0.1) is 0 Å². The maximum Gasteiger partial charge on any atom is 0.292 e. The van der Waals surface area contributed by atoms with Crippen molar-refractivity contribution in [2.75, 3.05) is 0 Å². The molecule has 0 fully saturated rings. The van der Waals surface area contributed by atoms with Gasteiger partial charge in [0.2, 0.25) is 0 Å². The van der Waals surface area contributed by atoms with Crippen LogP contribution in [0.1, 0.15) is 33.7 Å². The van der Waals surface area contributed by atoms with E-state index in [1.807, 2.05) is 47.1 Å². The smallest absolute Gasteiger partial charge is 0.265 e. The van der Waals surface area contributed by atoms with Crippen LogP contribution in [0.15, 0.2) is 59.7 Å². The molecule has 0 aliphatic heterocycles. The Labute approximate surface area is 156 Å². The Morgan fingerprint density at radius 3 is 2.81 bits per heavy atom. The highest BCUT2D eigenvalue weighted by atomic mass is 35.5. The Kier molecular flexibility index (Phi) is 4.54. The summed E-state index contributed by atoms with van der Waals surface area (Å²) in [6.45, 7) is 0. The third-order valence-electron chi connectivity index (χ3n) is 4.37. The van der Waals surface area contributed by atoms with E-state index in [1.165, 1.54) is 0 Å². The number of benzene rings is 2. The molecule has 0 saturated heterocycles. The Morgan fingerprint density at radius 2 is 2.00 bits per heavy atom. The molecule has 1 aromatic heterocycles. The van der Waals surface area contributed by atoms with Crippen LogP contribution in [-0.2, 0) is 12.8 Å². The zero-order valence-electron chi connectivity index (χ0n) is 14.0. The van der Waals surface area contributed by atoms with Gasteiger partial charge in [-0.3, -0.25) is 4.79 Å². The molecular weight excluding hydrogens is 348 g/mol. The molecule has 0 spiro atoms. The van der Waals surface area contributed by atoms with Crippen molar-refractivity contribution in [2.24, 2.45) is 5.10 Å². The van der Waals surface area contributed by atoms with Crippen LogP contribution in [0.3, 0.4) is 0 Å². The summed E-state index contributed by atoms with van der Waals surface area (Å²) in [7, 11) is 0. The summed E-state index contributed by atoms with van der Waals surface area (Å²) in [5.41, 5.74) is 6.93. The van der Waals surface area contributed by atoms with Crippen LogP contribution in [-0.4, -0.2) is 21.9 Å². The van der Waals surface area contributed by atoms with E-state index >= 15 is 0 Å². The Bertz CT molecular complexity index is 979. The van der Waals surface area contributed by atoms with Gasteiger partial charge in [-0.25, -0.2) is 10.1 Å². The largest absolute Gasteiger partial charge is 0.292 e. The number of para-hydroxylation sites is 1. The van der Waals surface area contributed by atoms with Crippen LogP contribution >= 0.6 is 11.6 Å². The molecule has 0 radical (unpaired) electrons. The number of rotatable bonds is 4. The molecule has 1 heterocycles. The highest BCUT2D eigenvalue weighted by Crippen LogP contribution is 2.27. The molecule has 1 aliphatic rings. The molecule has 0 atom stereocenters. The minimum atomic E-state index is -0.295. The predicted octanol–water partition coefficient (Wildman–Crippen LogP) is 3.78. The zero-order chi connectivity index (χ0) is 17.9. The lowest BCUT2D eigenvalue weighted by molar-refractivity contribution is 0.0949. The number of fused-ring (bicyclic) bond motifs is 1. The molecule has 1 amide bonds. The van der Waals surface area contributed by atoms with Gasteiger partial charge in [-0.05, 0) is 49.1 Å². The predicted molar refractivity (Wildman–Crippen MR) is 102 cm³/mol. The highest BCUT2D eigenvalue weighted by Gasteiger charge is 2.26. The van der Waals surface area contributed by atoms with E-state index in [1.54, 1.807) is 18.3 Å². The minimum Gasteiger partial charge on any atom is -0.265 e. The van der Waals surface area contributed by atoms with Crippen LogP contribution < -0.4 is 5.43 Å². The standard InChI is InChI=1S/C20H17ClN4O/c21-15-7-4-6-14(12-15)13-22-23-20(26)19-17-10-5-11-18(17)25(24-19)16-8-2-1-3-9-16/h1-4,6-9,12-13H,5,10-11H2,(H,23,26)/b22-13+. The van der Waals surface area contributed by atoms with Gasteiger partial charge >= 0.3 is 0 Å². The summed E-state index contributed by atoms with van der Waals surface area (Å²) in [5, 5.41) is 9.21. The molecule has 26 heavy (non-hydrogen) atoms. The quantitative estimate of drug-likeness (QED) is 0.565. The molecule has 0 bridgehead atoms. The van der Waals surface area contributed by atoms with Crippen LogP contribution in [0, 0.1) is 0 Å². The third kappa shape index (κ3) is 3.26. The van der Waals surface area contributed by atoms with Crippen LogP contribution in [0.25, 0.3) is 5.69 Å². The van der Waals surface area contributed by atoms with Crippen LogP contribution in [0.4, 0.5) is 0 Å². The minimum absolute atomic E-state index is 0.295. The molecule has 3 aromatic rings. The fourth-order valence-corrected chi connectivity index (χ4v) is 3.41. The molecule has 1 aliphatic carbocycles. The van der Waals surface area contributed by atoms with Crippen molar-refractivity contribution < 1.29 is 4.79 Å². The summed E-state index contributed by atoms with van der Waals surface area (Å²) >= 11 is 5.95. The Hall–Kier alpha value is -2.92. The van der Waals surface area contributed by atoms with E-state index in [2.05, 4.69) is 15.6 Å². The van der Waals surface area contributed by atoms with Gasteiger partial charge in [0.25, 0.3) is 5.91 Å². The van der Waals surface area contributed by atoms with E-state index in [0.29, 0.717) is 10.7 Å². The summed E-state index contributed by atoms with van der Waals surface area (Å²) in [6, 6.07) is 17.1. The van der Waals surface area contributed by atoms with Gasteiger partial charge in [0.05, 0.1) is 11.9 Å². The summed E-state index contributed by atoms with van der Waals surface area (Å²) in [4.78, 5) is 12.6. The summed E-state index contributed by atoms with van der Waals surface area (Å²) < 4.78 is 1.87. The lowest BCUT2D eigenvalue weighted by atomic mass is 10.2. The maximum absolute atomic E-state index is 12.6. The monoisotopic (exact) mass is 364 g/mol. The van der Waals surface area contributed by atoms with Gasteiger partial charge < -0.3 is 0 Å². The molecule has 130 valence electrons. The number of carbonyl (C=O) groups is 1. The molecule has 2 aromatic carbocycles. The molecule has 6 heteroatoms. The number of carbonyl (C=O) groups excluding carboxylic acids is 1. The number of hydrogen-bond donors (Lipinski definition) is 1. The Morgan fingerprint density at radius 1 is 1.15 bits per heavy atom. The third-order valence-corrected chi connectivity index (χ3v) is 4.61. The first kappa shape index (κ1) is 16.5. The second-order valence-corrected chi connectivity index (χ2v) is 6.57. The normalized spacial score (nSPS) is 13.1. The molecule has 1 N–H and O–H groups in total. The number of halogens is 1. The van der Waals surface area contributed by atoms with Crippen molar-refractivity contribution in [3.05, 3.63) is 82.1 Å². The van der Waals surface area contributed by atoms with Crippen molar-refractivity contribution in [3.63, 3.8) is 0 Å². The lowest BCUT2D eigenvalue weighted by Gasteiger charge is -2.04. The first-order chi connectivity index (χ1) is 12.7. The second kappa shape index (κ2) is 7.14. The highest BCUT2D eigenvalue weighted by molar-refractivity contribution is 6.30. The number of hydrogen-bond acceptors (Lipinski definition) is 3. The fourth-order valence-electron chi connectivity index (χ4n) is 3.21. The first-order valence-corrected chi connectivity index (χ1v) is 8.85. The fraction of sp³-hybridized carbons (Fsp3) is 0.150. The first-order valence-electron chi connectivity index (χ1n) is 8.47. The maximum atomic E-state index is 12.6. The van der Waals surface area contributed by atoms with E-state index in [4.69, 9.17) is 11.6 Å². The Balaban J connectivity index is 1.57. The number of amides is 1. The number of aromatic nitrogens is 2. The van der Waals surface area contributed by atoms with Crippen molar-refractivity contribution in [1.82, 2.24) is 15.2 Å². The van der Waals surface area contributed by atoms with Crippen molar-refractivity contribution in [3.8, 4) is 5.69 Å². The topological polar surface area (TPSA) is 59.3 Å². The molecule has 0 saturated carbocycles. The van der Waals surface area contributed by atoms with E-state index in [0.717, 1.165) is 41.8 Å². The van der Waals surface area contributed by atoms with Crippen molar-refractivity contribution >= 4 is 23.7 Å². The zero-order valence-corrected chi connectivity index (χ0v) is 14.8. The second-order valence-electron chi connectivity index (χ2n) is 6.13. The molecular formula is C20H17ClN4O. The molecule has 0 unspecified atom stereocenters. The number of nitrogens with zero attached hydrogens (tertiary/aromatic N) is 3. The van der Waals surface area contributed by atoms with Gasteiger partial charge in [-0.1, -0.05) is 41.9 Å². The van der Waals surface area contributed by atoms with Gasteiger partial charge in [-0.2, -0.15) is 10.2 Å². The SMILES string of the molecule is O=C(N/N=C/c1cccc(Cl)c1)c1nn(-c2ccccc2)c2c1CCC2. The van der Waals surface area contributed by atoms with Gasteiger partial charge in [0.15, 0.2) is 5.69 Å². The summed E-state index contributed by atoms with van der Waals surface area (Å²) in [5.74, 6) is -0.295. The molecule has 4 rings (SSSR count). The van der Waals surface area contributed by atoms with E-state index in [9.17, 15) is 4.79 Å². The summed E-state index contributed by atoms with van der Waals surface area (Å²) in [6.07, 6.45) is 4.39. The van der Waals surface area contributed by atoms with E-state index in [-0.39, 0.29) is 5.91 Å². The van der Waals surface area contributed by atoms with Crippen LogP contribution in [0.2, 0.25) is 5.02 Å². The number of nitrogens with one attached hydrogen (secondary N) is 1. The van der Waals surface area contributed by atoms with Crippen molar-refractivity contribution in [2.45, 2.75) is 19.3 Å². The van der Waals surface area contributed by atoms with Gasteiger partial charge in [0, 0.05) is 16.3 Å². The lowest BCUT2D eigenvalue weighted by Crippen LogP contribution is -2.20. The van der Waals surface area contributed by atoms with E-state index < -0.39 is 0 Å². The van der Waals surface area contributed by atoms with Crippen LogP contribution in [0.5, 0.6) is 0 Å².